The molecule has 0 aliphatic rings. The van der Waals surface area contributed by atoms with Gasteiger partial charge in [-0.15, -0.1) is 0 Å². The summed E-state index contributed by atoms with van der Waals surface area (Å²) in [6.07, 6.45) is 0. The van der Waals surface area contributed by atoms with Crippen molar-refractivity contribution in [3.05, 3.63) is 88.6 Å². The molecular weight excluding hydrogens is 331 g/mol. The van der Waals surface area contributed by atoms with Crippen molar-refractivity contribution in [2.45, 2.75) is 6.54 Å². The Morgan fingerprint density at radius 1 is 1.04 bits per heavy atom. The molecule has 0 unspecified atom stereocenters. The number of nitrogens with zero attached hydrogens (tertiary/aromatic N) is 1. The number of nitrogens with one attached hydrogen (secondary N) is 1. The van der Waals surface area contributed by atoms with Gasteiger partial charge in [-0.25, -0.2) is 9.18 Å². The first-order chi connectivity index (χ1) is 12.7. The van der Waals surface area contributed by atoms with Gasteiger partial charge in [-0.3, -0.25) is 4.57 Å². The summed E-state index contributed by atoms with van der Waals surface area (Å²) < 4.78 is 20.7. The Kier molecular flexibility index (Phi) is 4.05. The van der Waals surface area contributed by atoms with Gasteiger partial charge in [0.2, 0.25) is 0 Å². The van der Waals surface area contributed by atoms with E-state index in [1.165, 1.54) is 12.1 Å². The van der Waals surface area contributed by atoms with E-state index in [9.17, 15) is 9.18 Å². The smallest absolute Gasteiger partial charge is 0.326 e. The van der Waals surface area contributed by atoms with Crippen LogP contribution in [0.2, 0.25) is 0 Å². The summed E-state index contributed by atoms with van der Waals surface area (Å²) in [5.74, 6) is 0.243. The lowest BCUT2D eigenvalue weighted by Crippen LogP contribution is -2.17. The van der Waals surface area contributed by atoms with E-state index in [0.717, 1.165) is 16.6 Å². The highest BCUT2D eigenvalue weighted by molar-refractivity contribution is 5.83. The Hall–Kier alpha value is -3.34. The third-order valence-corrected chi connectivity index (χ3v) is 4.43. The van der Waals surface area contributed by atoms with Gasteiger partial charge in [-0.2, -0.15) is 0 Å². The summed E-state index contributed by atoms with van der Waals surface area (Å²) >= 11 is 0. The fourth-order valence-corrected chi connectivity index (χ4v) is 3.16. The lowest BCUT2D eigenvalue weighted by Gasteiger charge is -2.09. The lowest BCUT2D eigenvalue weighted by molar-refractivity contribution is 0.415. The summed E-state index contributed by atoms with van der Waals surface area (Å²) in [4.78, 5) is 15.3. The van der Waals surface area contributed by atoms with Gasteiger partial charge >= 0.3 is 5.69 Å². The minimum Gasteiger partial charge on any atom is -0.496 e. The molecule has 5 heteroatoms. The first-order valence-electron chi connectivity index (χ1n) is 8.26. The minimum atomic E-state index is -0.337. The molecule has 130 valence electrons. The summed E-state index contributed by atoms with van der Waals surface area (Å²) in [6, 6.07) is 19.8. The van der Waals surface area contributed by atoms with Crippen LogP contribution in [-0.2, 0) is 6.54 Å². The van der Waals surface area contributed by atoms with Crippen molar-refractivity contribution in [2.24, 2.45) is 0 Å². The quantitative estimate of drug-likeness (QED) is 0.601. The molecule has 0 bridgehead atoms. The largest absolute Gasteiger partial charge is 0.496 e. The molecule has 26 heavy (non-hydrogen) atoms. The van der Waals surface area contributed by atoms with Crippen molar-refractivity contribution in [2.75, 3.05) is 7.11 Å². The van der Waals surface area contributed by atoms with Crippen LogP contribution in [0.5, 0.6) is 5.75 Å². The van der Waals surface area contributed by atoms with E-state index < -0.39 is 0 Å². The van der Waals surface area contributed by atoms with Gasteiger partial charge in [0, 0.05) is 5.56 Å². The average Bonchev–Trinajstić information content (AvgIpc) is 2.97. The zero-order valence-electron chi connectivity index (χ0n) is 14.2. The highest BCUT2D eigenvalue weighted by Gasteiger charge is 2.12. The van der Waals surface area contributed by atoms with Crippen LogP contribution in [0.4, 0.5) is 4.39 Å². The lowest BCUT2D eigenvalue weighted by atomic mass is 10.0. The fraction of sp³-hybridized carbons (Fsp3) is 0.0952. The van der Waals surface area contributed by atoms with Crippen LogP contribution < -0.4 is 10.4 Å². The van der Waals surface area contributed by atoms with Gasteiger partial charge in [0.05, 0.1) is 24.7 Å². The van der Waals surface area contributed by atoms with Crippen molar-refractivity contribution >= 4 is 11.0 Å². The Morgan fingerprint density at radius 2 is 1.85 bits per heavy atom. The first-order valence-corrected chi connectivity index (χ1v) is 8.26. The van der Waals surface area contributed by atoms with Gasteiger partial charge in [-0.05, 0) is 41.5 Å². The van der Waals surface area contributed by atoms with Crippen molar-refractivity contribution in [1.82, 2.24) is 9.55 Å². The number of rotatable bonds is 4. The van der Waals surface area contributed by atoms with Crippen molar-refractivity contribution in [1.29, 1.82) is 0 Å². The number of hydrogen-bond acceptors (Lipinski definition) is 2. The standard InChI is InChI=1S/C21H17FN2O2/c1-26-20-10-8-16(22)12-17(20)15-7-9-19-18(11-15)23-21(25)24(19)13-14-5-3-2-4-6-14/h2-12H,13H2,1H3,(H,23,25). The molecule has 0 atom stereocenters. The Bertz CT molecular complexity index is 1130. The molecule has 0 aliphatic carbocycles. The second-order valence-corrected chi connectivity index (χ2v) is 6.08. The van der Waals surface area contributed by atoms with Crippen LogP contribution in [0.1, 0.15) is 5.56 Å². The van der Waals surface area contributed by atoms with Crippen LogP contribution in [0.15, 0.2) is 71.5 Å². The number of aromatic nitrogens is 2. The van der Waals surface area contributed by atoms with Gasteiger partial charge < -0.3 is 9.72 Å². The third kappa shape index (κ3) is 2.88. The van der Waals surface area contributed by atoms with Crippen molar-refractivity contribution in [3.63, 3.8) is 0 Å². The van der Waals surface area contributed by atoms with Gasteiger partial charge in [0.15, 0.2) is 0 Å². The second-order valence-electron chi connectivity index (χ2n) is 6.08. The number of hydrogen-bond donors (Lipinski definition) is 1. The number of methoxy groups -OCH3 is 1. The van der Waals surface area contributed by atoms with Gasteiger partial charge in [-0.1, -0.05) is 36.4 Å². The molecule has 4 nitrogen and oxygen atoms in total. The number of aromatic amines is 1. The number of benzene rings is 3. The van der Waals surface area contributed by atoms with Crippen LogP contribution in [0.25, 0.3) is 22.2 Å². The Balaban J connectivity index is 1.81. The number of ether oxygens (including phenoxy) is 1. The minimum absolute atomic E-state index is 0.174. The molecule has 0 radical (unpaired) electrons. The Labute approximate surface area is 149 Å². The monoisotopic (exact) mass is 348 g/mol. The molecule has 0 fully saturated rings. The topological polar surface area (TPSA) is 47.0 Å². The molecule has 0 amide bonds. The van der Waals surface area contributed by atoms with Crippen molar-refractivity contribution < 1.29 is 9.13 Å². The maximum atomic E-state index is 13.7. The molecular formula is C21H17FN2O2. The molecule has 1 N–H and O–H groups in total. The summed E-state index contributed by atoms with van der Waals surface area (Å²) in [6.45, 7) is 0.488. The van der Waals surface area contributed by atoms with E-state index in [0.29, 0.717) is 23.4 Å². The van der Waals surface area contributed by atoms with E-state index in [1.54, 1.807) is 17.7 Å². The number of fused-ring (bicyclic) bond motifs is 1. The number of halogens is 1. The molecule has 4 aromatic rings. The van der Waals surface area contributed by atoms with E-state index in [2.05, 4.69) is 4.98 Å². The van der Waals surface area contributed by atoms with E-state index in [-0.39, 0.29) is 11.5 Å². The van der Waals surface area contributed by atoms with E-state index in [1.807, 2.05) is 48.5 Å². The molecule has 0 saturated heterocycles. The Morgan fingerprint density at radius 3 is 2.62 bits per heavy atom. The maximum absolute atomic E-state index is 13.7. The molecule has 1 aromatic heterocycles. The fourth-order valence-electron chi connectivity index (χ4n) is 3.16. The first kappa shape index (κ1) is 16.1. The summed E-state index contributed by atoms with van der Waals surface area (Å²) in [5.41, 5.74) is 3.80. The SMILES string of the molecule is COc1ccc(F)cc1-c1ccc2c(c1)[nH]c(=O)n2Cc1ccccc1. The maximum Gasteiger partial charge on any atom is 0.326 e. The number of H-pyrrole nitrogens is 1. The van der Waals surface area contributed by atoms with Gasteiger partial charge in [0.25, 0.3) is 0 Å². The molecule has 4 rings (SSSR count). The van der Waals surface area contributed by atoms with Crippen molar-refractivity contribution in [3.8, 4) is 16.9 Å². The zero-order chi connectivity index (χ0) is 18.1. The molecule has 0 spiro atoms. The molecule has 1 heterocycles. The van der Waals surface area contributed by atoms with Gasteiger partial charge in [0.1, 0.15) is 11.6 Å². The summed E-state index contributed by atoms with van der Waals surface area (Å²) in [5, 5.41) is 0. The molecule has 0 aliphatic heterocycles. The second kappa shape index (κ2) is 6.52. The normalized spacial score (nSPS) is 11.0. The van der Waals surface area contributed by atoms with Crippen LogP contribution in [0, 0.1) is 5.82 Å². The number of imidazole rings is 1. The third-order valence-electron chi connectivity index (χ3n) is 4.43. The van der Waals surface area contributed by atoms with Crippen LogP contribution >= 0.6 is 0 Å². The van der Waals surface area contributed by atoms with Crippen LogP contribution in [0.3, 0.4) is 0 Å². The highest BCUT2D eigenvalue weighted by Crippen LogP contribution is 2.32. The molecule has 0 saturated carbocycles. The zero-order valence-corrected chi connectivity index (χ0v) is 14.2. The summed E-state index contributed by atoms with van der Waals surface area (Å²) in [7, 11) is 1.55. The van der Waals surface area contributed by atoms with Crippen LogP contribution in [-0.4, -0.2) is 16.7 Å². The predicted octanol–water partition coefficient (Wildman–Crippen LogP) is 4.19. The highest BCUT2D eigenvalue weighted by atomic mass is 19.1. The van der Waals surface area contributed by atoms with E-state index >= 15 is 0 Å². The van der Waals surface area contributed by atoms with E-state index in [4.69, 9.17) is 4.74 Å². The predicted molar refractivity (Wildman–Crippen MR) is 100 cm³/mol. The average molecular weight is 348 g/mol. The molecule has 3 aromatic carbocycles.